The lowest BCUT2D eigenvalue weighted by Gasteiger charge is -2.22. The van der Waals surface area contributed by atoms with E-state index < -0.39 is 0 Å². The second kappa shape index (κ2) is 11.7. The normalized spacial score (nSPS) is 13.3. The molecule has 2 heterocycles. The highest BCUT2D eigenvalue weighted by Gasteiger charge is 2.22. The van der Waals surface area contributed by atoms with Crippen LogP contribution in [0.1, 0.15) is 24.0 Å². The van der Waals surface area contributed by atoms with Crippen molar-refractivity contribution in [1.82, 2.24) is 0 Å². The van der Waals surface area contributed by atoms with E-state index in [1.165, 1.54) is 116 Å². The van der Waals surface area contributed by atoms with Gasteiger partial charge in [0.15, 0.2) is 0 Å². The minimum Gasteiger partial charge on any atom is -0.135 e. The summed E-state index contributed by atoms with van der Waals surface area (Å²) in [5, 5.41) is 16.2. The Balaban J connectivity index is 1.09. The van der Waals surface area contributed by atoms with Gasteiger partial charge in [0.05, 0.1) is 0 Å². The third kappa shape index (κ3) is 4.36. The monoisotopic (exact) mass is 720 g/mol. The molecule has 0 nitrogen and oxygen atoms in total. The molecule has 0 saturated carbocycles. The summed E-state index contributed by atoms with van der Waals surface area (Å²) in [6.45, 7) is 0. The van der Waals surface area contributed by atoms with Crippen molar-refractivity contribution < 1.29 is 0 Å². The van der Waals surface area contributed by atoms with Crippen LogP contribution in [0.5, 0.6) is 0 Å². The van der Waals surface area contributed by atoms with E-state index in [9.17, 15) is 0 Å². The molecule has 54 heavy (non-hydrogen) atoms. The lowest BCUT2D eigenvalue weighted by molar-refractivity contribution is 1.05. The fraction of sp³-hybridized carbons (Fsp3) is 0.0385. The van der Waals surface area contributed by atoms with Crippen molar-refractivity contribution >= 4 is 106 Å². The third-order valence-electron chi connectivity index (χ3n) is 11.8. The van der Waals surface area contributed by atoms with Gasteiger partial charge in [-0.15, -0.1) is 22.7 Å². The Labute approximate surface area is 320 Å². The predicted molar refractivity (Wildman–Crippen MR) is 237 cm³/mol. The van der Waals surface area contributed by atoms with Crippen LogP contribution in [0.25, 0.3) is 94.9 Å². The van der Waals surface area contributed by atoms with Gasteiger partial charge in [0.25, 0.3) is 0 Å². The van der Waals surface area contributed by atoms with Crippen LogP contribution < -0.4 is 10.4 Å². The van der Waals surface area contributed by atoms with Crippen molar-refractivity contribution in [3.8, 4) is 11.1 Å². The molecule has 9 aromatic carbocycles. The molecule has 0 atom stereocenters. The van der Waals surface area contributed by atoms with Gasteiger partial charge in [-0.05, 0) is 108 Å². The number of hydrogen-bond acceptors (Lipinski definition) is 2. The smallest absolute Gasteiger partial charge is 0.0434 e. The first kappa shape index (κ1) is 30.4. The lowest BCUT2D eigenvalue weighted by atomic mass is 9.81. The maximum atomic E-state index is 2.48. The SMILES string of the molecule is c1ccc(-c2c3ccccc3c(C3=c4ccccc4=C(c4ccc5sc6c(ccc7c6ccc6sc8ccccc8c67)c5c4)CC3)c3ccccc23)cc1. The minimum absolute atomic E-state index is 0.989. The first-order valence-electron chi connectivity index (χ1n) is 18.8. The lowest BCUT2D eigenvalue weighted by Crippen LogP contribution is -2.32. The van der Waals surface area contributed by atoms with Crippen LogP contribution in [0.4, 0.5) is 0 Å². The van der Waals surface area contributed by atoms with Crippen molar-refractivity contribution in [3.05, 3.63) is 191 Å². The van der Waals surface area contributed by atoms with Crippen molar-refractivity contribution in [2.24, 2.45) is 0 Å². The summed E-state index contributed by atoms with van der Waals surface area (Å²) in [6, 6.07) is 63.7. The van der Waals surface area contributed by atoms with E-state index >= 15 is 0 Å². The van der Waals surface area contributed by atoms with Crippen molar-refractivity contribution in [3.63, 3.8) is 0 Å². The molecule has 0 N–H and O–H groups in total. The number of benzene rings is 9. The van der Waals surface area contributed by atoms with Gasteiger partial charge in [-0.1, -0.05) is 146 Å². The van der Waals surface area contributed by atoms with E-state index in [4.69, 9.17) is 0 Å². The maximum Gasteiger partial charge on any atom is 0.0434 e. The van der Waals surface area contributed by atoms with Gasteiger partial charge in [0.1, 0.15) is 0 Å². The van der Waals surface area contributed by atoms with Crippen molar-refractivity contribution in [1.29, 1.82) is 0 Å². The Bertz CT molecular complexity index is 3430. The highest BCUT2D eigenvalue weighted by Crippen LogP contribution is 2.46. The van der Waals surface area contributed by atoms with Crippen LogP contribution in [0.15, 0.2) is 170 Å². The summed E-state index contributed by atoms with van der Waals surface area (Å²) in [5.74, 6) is 0. The van der Waals surface area contributed by atoms with Crippen LogP contribution in [0.2, 0.25) is 0 Å². The average Bonchev–Trinajstić information content (AvgIpc) is 3.81. The molecule has 0 amide bonds. The van der Waals surface area contributed by atoms with E-state index in [2.05, 4.69) is 170 Å². The first-order chi connectivity index (χ1) is 26.8. The topological polar surface area (TPSA) is 0 Å². The molecule has 11 aromatic rings. The quantitative estimate of drug-likeness (QED) is 0.159. The Morgan fingerprint density at radius 2 is 0.852 bits per heavy atom. The number of thiophene rings is 2. The zero-order chi connectivity index (χ0) is 35.3. The van der Waals surface area contributed by atoms with Gasteiger partial charge in [-0.2, -0.15) is 0 Å². The molecule has 0 unspecified atom stereocenters. The average molecular weight is 721 g/mol. The third-order valence-corrected chi connectivity index (χ3v) is 14.2. The van der Waals surface area contributed by atoms with Gasteiger partial charge >= 0.3 is 0 Å². The molecular weight excluding hydrogens is 689 g/mol. The standard InChI is InChI=1S/C52H32S2/c1-2-12-31(13-3-1)49-36-16-6-8-18-38(36)50(39-19-9-7-17-37(39)49)40-24-23-33(34-14-4-5-15-35(34)40)32-22-28-47-45(30-32)43-26-25-41-42(52(43)54-47)27-29-48-51(41)44-20-10-11-21-46(44)53-48/h1-22,25-30H,23-24H2. The summed E-state index contributed by atoms with van der Waals surface area (Å²) in [6.07, 6.45) is 1.98. The van der Waals surface area contributed by atoms with Crippen LogP contribution in [-0.2, 0) is 0 Å². The molecule has 1 aliphatic carbocycles. The molecule has 252 valence electrons. The minimum atomic E-state index is 0.989. The number of rotatable bonds is 3. The van der Waals surface area contributed by atoms with E-state index in [0.29, 0.717) is 0 Å². The van der Waals surface area contributed by atoms with Crippen LogP contribution in [0.3, 0.4) is 0 Å². The Hall–Kier alpha value is -6.06. The van der Waals surface area contributed by atoms with Gasteiger partial charge in [-0.3, -0.25) is 0 Å². The maximum absolute atomic E-state index is 2.48. The molecule has 12 rings (SSSR count). The number of fused-ring (bicyclic) bond motifs is 12. The van der Waals surface area contributed by atoms with Crippen LogP contribution in [-0.4, -0.2) is 0 Å². The van der Waals surface area contributed by atoms with Crippen LogP contribution >= 0.6 is 22.7 Å². The molecule has 0 fully saturated rings. The van der Waals surface area contributed by atoms with Gasteiger partial charge in [0, 0.05) is 45.7 Å². The largest absolute Gasteiger partial charge is 0.135 e. The van der Waals surface area contributed by atoms with E-state index in [1.54, 1.807) is 0 Å². The highest BCUT2D eigenvalue weighted by molar-refractivity contribution is 7.27. The second-order valence-electron chi connectivity index (χ2n) is 14.6. The molecule has 0 aliphatic heterocycles. The van der Waals surface area contributed by atoms with Crippen molar-refractivity contribution in [2.45, 2.75) is 12.8 Å². The van der Waals surface area contributed by atoms with Gasteiger partial charge in [-0.25, -0.2) is 0 Å². The molecule has 1 aliphatic rings. The van der Waals surface area contributed by atoms with E-state index in [1.807, 2.05) is 22.7 Å². The molecule has 0 spiro atoms. The fourth-order valence-corrected chi connectivity index (χ4v) is 11.8. The van der Waals surface area contributed by atoms with E-state index in [-0.39, 0.29) is 0 Å². The van der Waals surface area contributed by atoms with Gasteiger partial charge < -0.3 is 0 Å². The summed E-state index contributed by atoms with van der Waals surface area (Å²) < 4.78 is 5.46. The molecule has 0 bridgehead atoms. The Morgan fingerprint density at radius 1 is 0.315 bits per heavy atom. The zero-order valence-electron chi connectivity index (χ0n) is 29.4. The summed E-state index contributed by atoms with van der Waals surface area (Å²) in [7, 11) is 0. The number of hydrogen-bond donors (Lipinski definition) is 0. The molecule has 0 saturated heterocycles. The molecule has 2 heteroatoms. The first-order valence-corrected chi connectivity index (χ1v) is 20.4. The van der Waals surface area contributed by atoms with Crippen LogP contribution in [0, 0.1) is 0 Å². The summed E-state index contributed by atoms with van der Waals surface area (Å²) in [5.41, 5.74) is 8.19. The fourth-order valence-electron chi connectivity index (χ4n) is 9.51. The second-order valence-corrected chi connectivity index (χ2v) is 16.7. The molecular formula is C52H32S2. The van der Waals surface area contributed by atoms with Gasteiger partial charge in [0.2, 0.25) is 0 Å². The molecule has 2 aromatic heterocycles. The predicted octanol–water partition coefficient (Wildman–Crippen LogP) is 13.7. The zero-order valence-corrected chi connectivity index (χ0v) is 31.0. The Kier molecular flexibility index (Phi) is 6.60. The Morgan fingerprint density at radius 3 is 1.61 bits per heavy atom. The van der Waals surface area contributed by atoms with Crippen molar-refractivity contribution in [2.75, 3.05) is 0 Å². The van der Waals surface area contributed by atoms with E-state index in [0.717, 1.165) is 12.8 Å². The summed E-state index contributed by atoms with van der Waals surface area (Å²) in [4.78, 5) is 0. The highest BCUT2D eigenvalue weighted by atomic mass is 32.1. The summed E-state index contributed by atoms with van der Waals surface area (Å²) >= 11 is 3.84. The molecule has 0 radical (unpaired) electrons.